The molecule has 2 rings (SSSR count). The Morgan fingerprint density at radius 2 is 1.84 bits per heavy atom. The highest BCUT2D eigenvalue weighted by atomic mass is 16.5. The molecular formula is C15H14N2O2. The first-order valence-corrected chi connectivity index (χ1v) is 6.04. The first-order chi connectivity index (χ1) is 9.26. The van der Waals surface area contributed by atoms with Crippen molar-refractivity contribution in [2.45, 2.75) is 19.3 Å². The van der Waals surface area contributed by atoms with Crippen molar-refractivity contribution in [2.24, 2.45) is 0 Å². The molecule has 4 nitrogen and oxygen atoms in total. The van der Waals surface area contributed by atoms with Gasteiger partial charge in [0.2, 0.25) is 0 Å². The molecule has 0 bridgehead atoms. The predicted octanol–water partition coefficient (Wildman–Crippen LogP) is 2.84. The maximum atomic E-state index is 9.09. The molecule has 96 valence electrons. The minimum Gasteiger partial charge on any atom is -0.493 e. The lowest BCUT2D eigenvalue weighted by atomic mass is 9.84. The molecule has 19 heavy (non-hydrogen) atoms. The van der Waals surface area contributed by atoms with Crippen LogP contribution in [0.3, 0.4) is 0 Å². The summed E-state index contributed by atoms with van der Waals surface area (Å²) in [4.78, 5) is 0. The molecule has 1 aliphatic rings. The molecule has 0 aromatic heterocycles. The van der Waals surface area contributed by atoms with Crippen molar-refractivity contribution in [3.63, 3.8) is 0 Å². The zero-order valence-corrected chi connectivity index (χ0v) is 11.0. The number of rotatable bonds is 2. The average molecular weight is 254 g/mol. The first-order valence-electron chi connectivity index (χ1n) is 6.04. The molecule has 0 heterocycles. The van der Waals surface area contributed by atoms with Gasteiger partial charge in [0, 0.05) is 5.56 Å². The SMILES string of the molecule is COc1ccc2c(c1OC)C(=C(C#N)C#N)CCC2. The summed E-state index contributed by atoms with van der Waals surface area (Å²) in [5, 5.41) is 18.2. The number of ether oxygens (including phenoxy) is 2. The second-order valence-electron chi connectivity index (χ2n) is 4.27. The molecule has 1 aliphatic carbocycles. The summed E-state index contributed by atoms with van der Waals surface area (Å²) in [6.07, 6.45) is 2.57. The van der Waals surface area contributed by atoms with Crippen LogP contribution in [0.5, 0.6) is 11.5 Å². The van der Waals surface area contributed by atoms with E-state index in [1.54, 1.807) is 14.2 Å². The van der Waals surface area contributed by atoms with E-state index in [0.29, 0.717) is 17.9 Å². The highest BCUT2D eigenvalue weighted by Gasteiger charge is 2.24. The fraction of sp³-hybridized carbons (Fsp3) is 0.333. The van der Waals surface area contributed by atoms with Crippen LogP contribution in [0.2, 0.25) is 0 Å². The van der Waals surface area contributed by atoms with E-state index >= 15 is 0 Å². The standard InChI is InChI=1S/C15H14N2O2/c1-18-13-7-6-10-4-3-5-12(11(8-16)9-17)14(10)15(13)19-2/h6-7H,3-5H2,1-2H3. The summed E-state index contributed by atoms with van der Waals surface area (Å²) in [5.41, 5.74) is 2.88. The van der Waals surface area contributed by atoms with Crippen molar-refractivity contribution < 1.29 is 9.47 Å². The van der Waals surface area contributed by atoms with Gasteiger partial charge in [0.25, 0.3) is 0 Å². The van der Waals surface area contributed by atoms with Gasteiger partial charge in [0.1, 0.15) is 17.7 Å². The van der Waals surface area contributed by atoms with E-state index in [4.69, 9.17) is 20.0 Å². The van der Waals surface area contributed by atoms with Gasteiger partial charge >= 0.3 is 0 Å². The number of aryl methyl sites for hydroxylation is 1. The van der Waals surface area contributed by atoms with Crippen LogP contribution in [0.15, 0.2) is 17.7 Å². The van der Waals surface area contributed by atoms with Gasteiger partial charge in [-0.2, -0.15) is 10.5 Å². The van der Waals surface area contributed by atoms with Gasteiger partial charge in [-0.15, -0.1) is 0 Å². The molecule has 0 fully saturated rings. The Morgan fingerprint density at radius 1 is 1.11 bits per heavy atom. The summed E-state index contributed by atoms with van der Waals surface area (Å²) >= 11 is 0. The van der Waals surface area contributed by atoms with E-state index in [-0.39, 0.29) is 5.57 Å². The van der Waals surface area contributed by atoms with Crippen LogP contribution < -0.4 is 9.47 Å². The molecular weight excluding hydrogens is 240 g/mol. The Balaban J connectivity index is 2.77. The summed E-state index contributed by atoms with van der Waals surface area (Å²) in [7, 11) is 3.15. The quantitative estimate of drug-likeness (QED) is 0.761. The molecule has 0 unspecified atom stereocenters. The Morgan fingerprint density at radius 3 is 2.42 bits per heavy atom. The highest BCUT2D eigenvalue weighted by Crippen LogP contribution is 2.43. The fourth-order valence-electron chi connectivity index (χ4n) is 2.50. The van der Waals surface area contributed by atoms with E-state index in [2.05, 4.69) is 0 Å². The van der Waals surface area contributed by atoms with Gasteiger partial charge in [-0.05, 0) is 36.5 Å². The third-order valence-electron chi connectivity index (χ3n) is 3.33. The zero-order chi connectivity index (χ0) is 13.8. The lowest BCUT2D eigenvalue weighted by Crippen LogP contribution is -2.07. The van der Waals surface area contributed by atoms with Gasteiger partial charge in [-0.3, -0.25) is 0 Å². The molecule has 0 saturated carbocycles. The summed E-state index contributed by atoms with van der Waals surface area (Å²) in [6.45, 7) is 0. The van der Waals surface area contributed by atoms with E-state index < -0.39 is 0 Å². The first kappa shape index (κ1) is 13.0. The molecule has 0 aliphatic heterocycles. The van der Waals surface area contributed by atoms with Crippen molar-refractivity contribution in [3.8, 4) is 23.6 Å². The molecule has 0 amide bonds. The van der Waals surface area contributed by atoms with Gasteiger partial charge in [-0.25, -0.2) is 0 Å². The molecule has 1 aromatic rings. The average Bonchev–Trinajstić information content (AvgIpc) is 2.47. The van der Waals surface area contributed by atoms with E-state index in [9.17, 15) is 0 Å². The minimum atomic E-state index is 0.160. The largest absolute Gasteiger partial charge is 0.493 e. The number of hydrogen-bond acceptors (Lipinski definition) is 4. The normalized spacial score (nSPS) is 12.9. The third kappa shape index (κ3) is 2.13. The lowest BCUT2D eigenvalue weighted by molar-refractivity contribution is 0.353. The maximum absolute atomic E-state index is 9.09. The zero-order valence-electron chi connectivity index (χ0n) is 11.0. The van der Waals surface area contributed by atoms with Crippen molar-refractivity contribution in [1.29, 1.82) is 10.5 Å². The topological polar surface area (TPSA) is 66.0 Å². The van der Waals surface area contributed by atoms with E-state index in [0.717, 1.165) is 29.5 Å². The van der Waals surface area contributed by atoms with Crippen LogP contribution in [0.1, 0.15) is 24.0 Å². The summed E-state index contributed by atoms with van der Waals surface area (Å²) in [5.74, 6) is 1.23. The number of allylic oxidation sites excluding steroid dienone is 2. The molecule has 0 radical (unpaired) electrons. The Bertz CT molecular complexity index is 602. The van der Waals surface area contributed by atoms with Crippen LogP contribution in [0, 0.1) is 22.7 Å². The van der Waals surface area contributed by atoms with Crippen molar-refractivity contribution in [3.05, 3.63) is 28.8 Å². The van der Waals surface area contributed by atoms with E-state index in [1.807, 2.05) is 24.3 Å². The van der Waals surface area contributed by atoms with Crippen LogP contribution in [-0.4, -0.2) is 14.2 Å². The molecule has 0 saturated heterocycles. The number of methoxy groups -OCH3 is 2. The molecule has 1 aromatic carbocycles. The van der Waals surface area contributed by atoms with Crippen LogP contribution in [-0.2, 0) is 6.42 Å². The second-order valence-corrected chi connectivity index (χ2v) is 4.27. The third-order valence-corrected chi connectivity index (χ3v) is 3.33. The Labute approximate surface area is 112 Å². The smallest absolute Gasteiger partial charge is 0.168 e. The highest BCUT2D eigenvalue weighted by molar-refractivity contribution is 5.83. The number of fused-ring (bicyclic) bond motifs is 1. The fourth-order valence-corrected chi connectivity index (χ4v) is 2.50. The lowest BCUT2D eigenvalue weighted by Gasteiger charge is -2.23. The van der Waals surface area contributed by atoms with Crippen molar-refractivity contribution >= 4 is 5.57 Å². The Hall–Kier alpha value is -2.46. The van der Waals surface area contributed by atoms with E-state index in [1.165, 1.54) is 0 Å². The second kappa shape index (κ2) is 5.46. The Kier molecular flexibility index (Phi) is 3.73. The van der Waals surface area contributed by atoms with Crippen LogP contribution in [0.4, 0.5) is 0 Å². The minimum absolute atomic E-state index is 0.160. The predicted molar refractivity (Wildman–Crippen MR) is 70.6 cm³/mol. The number of nitriles is 2. The van der Waals surface area contributed by atoms with Crippen molar-refractivity contribution in [2.75, 3.05) is 14.2 Å². The van der Waals surface area contributed by atoms with Crippen LogP contribution in [0.25, 0.3) is 5.57 Å². The molecule has 4 heteroatoms. The number of benzene rings is 1. The molecule has 0 atom stereocenters. The molecule has 0 spiro atoms. The van der Waals surface area contributed by atoms with Crippen molar-refractivity contribution in [1.82, 2.24) is 0 Å². The van der Waals surface area contributed by atoms with Gasteiger partial charge < -0.3 is 9.47 Å². The number of nitrogens with zero attached hydrogens (tertiary/aromatic N) is 2. The van der Waals surface area contributed by atoms with Gasteiger partial charge in [0.15, 0.2) is 11.5 Å². The van der Waals surface area contributed by atoms with Gasteiger partial charge in [0.05, 0.1) is 14.2 Å². The molecule has 0 N–H and O–H groups in total. The summed E-state index contributed by atoms with van der Waals surface area (Å²) in [6, 6.07) is 7.78. The monoisotopic (exact) mass is 254 g/mol. The number of hydrogen-bond donors (Lipinski definition) is 0. The maximum Gasteiger partial charge on any atom is 0.168 e. The summed E-state index contributed by atoms with van der Waals surface area (Å²) < 4.78 is 10.7. The van der Waals surface area contributed by atoms with Gasteiger partial charge in [-0.1, -0.05) is 6.07 Å². The van der Waals surface area contributed by atoms with Crippen LogP contribution >= 0.6 is 0 Å².